The van der Waals surface area contributed by atoms with Crippen LogP contribution in [0.5, 0.6) is 0 Å². The smallest absolute Gasteiger partial charge is 0.246 e. The summed E-state index contributed by atoms with van der Waals surface area (Å²) in [5.41, 5.74) is 2.69. The van der Waals surface area contributed by atoms with Crippen molar-refractivity contribution < 1.29 is 12.9 Å². The standard InChI is InChI=1S/C17H25N3O3S/c1-6-14-7-9-15(10-8-14)16(20(4)5)11-18-24(21,22)17-12(2)19-23-13(17)3/h7-10,16,18H,6,11H2,1-5H3. The lowest BCUT2D eigenvalue weighted by atomic mass is 10.0. The molecule has 2 rings (SSSR count). The van der Waals surface area contributed by atoms with Crippen LogP contribution >= 0.6 is 0 Å². The third-order valence-electron chi connectivity index (χ3n) is 4.10. The minimum absolute atomic E-state index is 0.0637. The molecular weight excluding hydrogens is 326 g/mol. The van der Waals surface area contributed by atoms with E-state index in [1.165, 1.54) is 5.56 Å². The first-order chi connectivity index (χ1) is 11.3. The maximum absolute atomic E-state index is 12.6. The van der Waals surface area contributed by atoms with Crippen LogP contribution in [0.2, 0.25) is 0 Å². The van der Waals surface area contributed by atoms with Gasteiger partial charge < -0.3 is 9.42 Å². The molecule has 7 heteroatoms. The van der Waals surface area contributed by atoms with Crippen LogP contribution in [0.1, 0.15) is 35.5 Å². The second-order valence-corrected chi connectivity index (χ2v) is 7.78. The summed E-state index contributed by atoms with van der Waals surface area (Å²) in [6.07, 6.45) is 0.978. The zero-order chi connectivity index (χ0) is 17.9. The van der Waals surface area contributed by atoms with E-state index in [0.717, 1.165) is 12.0 Å². The van der Waals surface area contributed by atoms with Gasteiger partial charge in [0.05, 0.1) is 0 Å². The highest BCUT2D eigenvalue weighted by Crippen LogP contribution is 2.22. The summed E-state index contributed by atoms with van der Waals surface area (Å²) in [7, 11) is 0.206. The topological polar surface area (TPSA) is 75.4 Å². The second kappa shape index (κ2) is 7.46. The minimum Gasteiger partial charge on any atom is -0.360 e. The molecule has 0 saturated carbocycles. The highest BCUT2D eigenvalue weighted by Gasteiger charge is 2.25. The molecule has 0 aliphatic heterocycles. The number of aryl methyl sites for hydroxylation is 3. The predicted molar refractivity (Wildman–Crippen MR) is 93.4 cm³/mol. The minimum atomic E-state index is -3.66. The summed E-state index contributed by atoms with van der Waals surface area (Å²) in [5, 5.41) is 3.72. The lowest BCUT2D eigenvalue weighted by Gasteiger charge is -2.25. The fourth-order valence-corrected chi connectivity index (χ4v) is 4.06. The Hall–Kier alpha value is -1.70. The van der Waals surface area contributed by atoms with E-state index in [0.29, 0.717) is 11.5 Å². The Kier molecular flexibility index (Phi) is 5.79. The fraction of sp³-hybridized carbons (Fsp3) is 0.471. The normalized spacial score (nSPS) is 13.4. The second-order valence-electron chi connectivity index (χ2n) is 6.08. The molecule has 6 nitrogen and oxygen atoms in total. The maximum atomic E-state index is 12.6. The van der Waals surface area contributed by atoms with Crippen LogP contribution in [0, 0.1) is 13.8 Å². The molecule has 0 amide bonds. The Bertz CT molecular complexity index is 760. The summed E-state index contributed by atoms with van der Waals surface area (Å²) in [5.74, 6) is 0.300. The van der Waals surface area contributed by atoms with Gasteiger partial charge in [0.25, 0.3) is 0 Å². The first kappa shape index (κ1) is 18.6. The van der Waals surface area contributed by atoms with Gasteiger partial charge in [-0.2, -0.15) is 0 Å². The average molecular weight is 351 g/mol. The Balaban J connectivity index is 2.19. The molecule has 0 bridgehead atoms. The van der Waals surface area contributed by atoms with E-state index in [4.69, 9.17) is 4.52 Å². The Morgan fingerprint density at radius 2 is 1.83 bits per heavy atom. The van der Waals surface area contributed by atoms with E-state index in [1.54, 1.807) is 13.8 Å². The predicted octanol–water partition coefficient (Wildman–Crippen LogP) is 2.44. The number of nitrogens with one attached hydrogen (secondary N) is 1. The van der Waals surface area contributed by atoms with Crippen LogP contribution in [0.3, 0.4) is 0 Å². The molecule has 1 N–H and O–H groups in total. The van der Waals surface area contributed by atoms with E-state index in [2.05, 4.69) is 28.9 Å². The van der Waals surface area contributed by atoms with Crippen molar-refractivity contribution in [3.05, 3.63) is 46.8 Å². The van der Waals surface area contributed by atoms with E-state index >= 15 is 0 Å². The zero-order valence-electron chi connectivity index (χ0n) is 14.8. The number of nitrogens with zero attached hydrogens (tertiary/aromatic N) is 2. The van der Waals surface area contributed by atoms with Gasteiger partial charge in [-0.25, -0.2) is 13.1 Å². The van der Waals surface area contributed by atoms with Crippen molar-refractivity contribution >= 4 is 10.0 Å². The maximum Gasteiger partial charge on any atom is 0.246 e. The third kappa shape index (κ3) is 4.03. The summed E-state index contributed by atoms with van der Waals surface area (Å²) in [4.78, 5) is 2.12. The number of benzene rings is 1. The van der Waals surface area contributed by atoms with Gasteiger partial charge in [0, 0.05) is 12.6 Å². The van der Waals surface area contributed by atoms with Crippen molar-refractivity contribution in [2.24, 2.45) is 0 Å². The molecule has 1 aromatic carbocycles. The monoisotopic (exact) mass is 351 g/mol. The highest BCUT2D eigenvalue weighted by atomic mass is 32.2. The van der Waals surface area contributed by atoms with Gasteiger partial charge >= 0.3 is 0 Å². The van der Waals surface area contributed by atoms with Gasteiger partial charge in [0.2, 0.25) is 10.0 Å². The molecule has 0 spiro atoms. The average Bonchev–Trinajstić information content (AvgIpc) is 2.87. The van der Waals surface area contributed by atoms with Crippen molar-refractivity contribution in [2.45, 2.75) is 38.1 Å². The van der Waals surface area contributed by atoms with Crippen molar-refractivity contribution in [1.82, 2.24) is 14.8 Å². The molecule has 0 saturated heterocycles. The summed E-state index contributed by atoms with van der Waals surface area (Å²) in [6.45, 7) is 5.60. The number of hydrogen-bond donors (Lipinski definition) is 1. The van der Waals surface area contributed by atoms with Crippen molar-refractivity contribution in [2.75, 3.05) is 20.6 Å². The van der Waals surface area contributed by atoms with Crippen LogP contribution in [0.15, 0.2) is 33.7 Å². The Morgan fingerprint density at radius 1 is 1.21 bits per heavy atom. The molecule has 0 aliphatic carbocycles. The van der Waals surface area contributed by atoms with E-state index in [1.807, 2.05) is 31.1 Å². The summed E-state index contributed by atoms with van der Waals surface area (Å²) in [6, 6.07) is 8.19. The lowest BCUT2D eigenvalue weighted by Crippen LogP contribution is -2.34. The summed E-state index contributed by atoms with van der Waals surface area (Å²) < 4.78 is 32.8. The number of hydrogen-bond acceptors (Lipinski definition) is 5. The van der Waals surface area contributed by atoms with E-state index < -0.39 is 10.0 Å². The number of likely N-dealkylation sites (N-methyl/N-ethyl adjacent to an activating group) is 1. The van der Waals surface area contributed by atoms with Gasteiger partial charge in [-0.15, -0.1) is 0 Å². The zero-order valence-corrected chi connectivity index (χ0v) is 15.6. The first-order valence-electron chi connectivity index (χ1n) is 7.94. The van der Waals surface area contributed by atoms with E-state index in [-0.39, 0.29) is 17.5 Å². The highest BCUT2D eigenvalue weighted by molar-refractivity contribution is 7.89. The molecule has 0 aliphatic rings. The fourth-order valence-electron chi connectivity index (χ4n) is 2.69. The molecule has 1 aromatic heterocycles. The molecule has 0 fully saturated rings. The van der Waals surface area contributed by atoms with Crippen LogP contribution in [-0.4, -0.2) is 39.1 Å². The first-order valence-corrected chi connectivity index (χ1v) is 9.42. The molecule has 0 radical (unpaired) electrons. The van der Waals surface area contributed by atoms with Crippen molar-refractivity contribution in [3.8, 4) is 0 Å². The molecular formula is C17H25N3O3S. The lowest BCUT2D eigenvalue weighted by molar-refractivity contribution is 0.299. The largest absolute Gasteiger partial charge is 0.360 e. The van der Waals surface area contributed by atoms with Crippen LogP contribution in [0.4, 0.5) is 0 Å². The van der Waals surface area contributed by atoms with Crippen LogP contribution < -0.4 is 4.72 Å². The molecule has 1 heterocycles. The van der Waals surface area contributed by atoms with Gasteiger partial charge in [0.15, 0.2) is 5.76 Å². The molecule has 2 aromatic rings. The van der Waals surface area contributed by atoms with Gasteiger partial charge in [-0.1, -0.05) is 36.3 Å². The van der Waals surface area contributed by atoms with Crippen molar-refractivity contribution in [3.63, 3.8) is 0 Å². The summed E-state index contributed by atoms with van der Waals surface area (Å²) >= 11 is 0. The number of rotatable bonds is 7. The quantitative estimate of drug-likeness (QED) is 0.829. The van der Waals surface area contributed by atoms with E-state index in [9.17, 15) is 8.42 Å². The number of aromatic nitrogens is 1. The third-order valence-corrected chi connectivity index (χ3v) is 5.77. The SMILES string of the molecule is CCc1ccc(C(CNS(=O)(=O)c2c(C)noc2C)N(C)C)cc1. The molecule has 132 valence electrons. The van der Waals surface area contributed by atoms with Gasteiger partial charge in [-0.3, -0.25) is 0 Å². The Morgan fingerprint density at radius 3 is 2.29 bits per heavy atom. The van der Waals surface area contributed by atoms with Gasteiger partial charge in [0.1, 0.15) is 10.6 Å². The number of sulfonamides is 1. The van der Waals surface area contributed by atoms with Crippen LogP contribution in [-0.2, 0) is 16.4 Å². The molecule has 1 atom stereocenters. The van der Waals surface area contributed by atoms with Crippen LogP contribution in [0.25, 0.3) is 0 Å². The molecule has 24 heavy (non-hydrogen) atoms. The molecule has 1 unspecified atom stereocenters. The van der Waals surface area contributed by atoms with Crippen molar-refractivity contribution in [1.29, 1.82) is 0 Å². The Labute approximate surface area is 143 Å². The van der Waals surface area contributed by atoms with Gasteiger partial charge in [-0.05, 0) is 45.5 Å².